The van der Waals surface area contributed by atoms with Crippen molar-refractivity contribution in [2.24, 2.45) is 0 Å². The number of urea groups is 1. The molecule has 0 aliphatic carbocycles. The van der Waals surface area contributed by atoms with Crippen LogP contribution >= 0.6 is 27.3 Å². The van der Waals surface area contributed by atoms with E-state index >= 15 is 0 Å². The number of ether oxygens (including phenoxy) is 1. The molecule has 0 aliphatic heterocycles. The first-order valence-electron chi connectivity index (χ1n) is 5.12. The average molecular weight is 337 g/mol. The van der Waals surface area contributed by atoms with E-state index in [1.54, 1.807) is 11.3 Å². The van der Waals surface area contributed by atoms with Gasteiger partial charge in [0, 0.05) is 21.3 Å². The van der Waals surface area contributed by atoms with Crippen molar-refractivity contribution in [3.63, 3.8) is 0 Å². The van der Waals surface area contributed by atoms with E-state index < -0.39 is 5.97 Å². The van der Waals surface area contributed by atoms with Gasteiger partial charge in [0.25, 0.3) is 0 Å². The summed E-state index contributed by atoms with van der Waals surface area (Å²) in [4.78, 5) is 22.5. The van der Waals surface area contributed by atoms with Crippen LogP contribution in [0.1, 0.15) is 4.88 Å². The zero-order chi connectivity index (χ0) is 13.4. The maximum atomic E-state index is 11.3. The van der Waals surface area contributed by atoms with Gasteiger partial charge in [-0.05, 0) is 22.0 Å². The fraction of sp³-hybridized carbons (Fsp3) is 0.400. The first-order valence-corrected chi connectivity index (χ1v) is 6.79. The Bertz CT molecular complexity index is 410. The van der Waals surface area contributed by atoms with Gasteiger partial charge in [0.05, 0.1) is 13.2 Å². The van der Waals surface area contributed by atoms with E-state index in [1.165, 1.54) is 0 Å². The molecule has 2 amide bonds. The lowest BCUT2D eigenvalue weighted by Crippen LogP contribution is -2.36. The lowest BCUT2D eigenvalue weighted by molar-refractivity contribution is -0.142. The van der Waals surface area contributed by atoms with Gasteiger partial charge >= 0.3 is 12.0 Å². The van der Waals surface area contributed by atoms with Gasteiger partial charge in [0.1, 0.15) is 6.61 Å². The molecule has 1 heterocycles. The molecule has 0 radical (unpaired) electrons. The van der Waals surface area contributed by atoms with Crippen molar-refractivity contribution in [2.75, 3.05) is 19.8 Å². The molecule has 0 saturated carbocycles. The van der Waals surface area contributed by atoms with Crippen LogP contribution in [0.5, 0.6) is 0 Å². The van der Waals surface area contributed by atoms with E-state index in [2.05, 4.69) is 26.6 Å². The van der Waals surface area contributed by atoms with Crippen LogP contribution in [-0.4, -0.2) is 36.9 Å². The summed E-state index contributed by atoms with van der Waals surface area (Å²) in [6, 6.07) is 1.62. The van der Waals surface area contributed by atoms with Crippen molar-refractivity contribution in [3.05, 3.63) is 20.8 Å². The summed E-state index contributed by atoms with van der Waals surface area (Å²) in [5.74, 6) is -1.03. The molecule has 1 rings (SSSR count). The largest absolute Gasteiger partial charge is 0.480 e. The Hall–Kier alpha value is -1.12. The second-order valence-corrected chi connectivity index (χ2v) is 5.20. The minimum Gasteiger partial charge on any atom is -0.480 e. The Kier molecular flexibility index (Phi) is 6.69. The predicted molar refractivity (Wildman–Crippen MR) is 70.7 cm³/mol. The molecule has 3 N–H and O–H groups in total. The molecule has 0 bridgehead atoms. The zero-order valence-corrected chi connectivity index (χ0v) is 11.8. The lowest BCUT2D eigenvalue weighted by Gasteiger charge is -2.06. The number of nitrogens with one attached hydrogen (secondary N) is 2. The molecule has 0 aliphatic rings. The third-order valence-electron chi connectivity index (χ3n) is 1.80. The van der Waals surface area contributed by atoms with E-state index in [-0.39, 0.29) is 25.8 Å². The first-order chi connectivity index (χ1) is 8.58. The Morgan fingerprint density at radius 3 is 2.83 bits per heavy atom. The van der Waals surface area contributed by atoms with Crippen molar-refractivity contribution < 1.29 is 19.4 Å². The average Bonchev–Trinajstić information content (AvgIpc) is 2.71. The fourth-order valence-corrected chi connectivity index (χ4v) is 2.46. The number of carboxylic acid groups (broad SMARTS) is 1. The summed E-state index contributed by atoms with van der Waals surface area (Å²) >= 11 is 4.87. The van der Waals surface area contributed by atoms with Crippen LogP contribution in [0.4, 0.5) is 4.79 Å². The smallest absolute Gasteiger partial charge is 0.329 e. The molecule has 0 atom stereocenters. The molecule has 0 saturated heterocycles. The Balaban J connectivity index is 2.05. The van der Waals surface area contributed by atoms with Crippen molar-refractivity contribution in [1.82, 2.24) is 10.6 Å². The Labute approximate surface area is 116 Å². The second-order valence-electron chi connectivity index (χ2n) is 3.29. The number of halogens is 1. The quantitative estimate of drug-likeness (QED) is 0.657. The summed E-state index contributed by atoms with van der Waals surface area (Å²) in [7, 11) is 0. The number of aliphatic carboxylic acids is 1. The van der Waals surface area contributed by atoms with E-state index in [0.717, 1.165) is 9.35 Å². The maximum Gasteiger partial charge on any atom is 0.329 e. The van der Waals surface area contributed by atoms with Gasteiger partial charge in [-0.25, -0.2) is 9.59 Å². The molecule has 18 heavy (non-hydrogen) atoms. The number of rotatable bonds is 7. The first kappa shape index (κ1) is 14.9. The van der Waals surface area contributed by atoms with Gasteiger partial charge in [-0.3, -0.25) is 0 Å². The molecule has 0 spiro atoms. The highest BCUT2D eigenvalue weighted by Gasteiger charge is 2.02. The monoisotopic (exact) mass is 336 g/mol. The maximum absolute atomic E-state index is 11.3. The van der Waals surface area contributed by atoms with Gasteiger partial charge in [-0.1, -0.05) is 0 Å². The summed E-state index contributed by atoms with van der Waals surface area (Å²) in [5.41, 5.74) is 0. The van der Waals surface area contributed by atoms with Crippen LogP contribution in [0.15, 0.2) is 15.9 Å². The van der Waals surface area contributed by atoms with Gasteiger partial charge in [-0.2, -0.15) is 0 Å². The van der Waals surface area contributed by atoms with Gasteiger partial charge in [-0.15, -0.1) is 11.3 Å². The highest BCUT2D eigenvalue weighted by molar-refractivity contribution is 9.10. The SMILES string of the molecule is O=C(O)COCCNC(=O)NCc1cc(Br)cs1. The third kappa shape index (κ3) is 6.58. The topological polar surface area (TPSA) is 87.7 Å². The number of thiophene rings is 1. The van der Waals surface area contributed by atoms with Gasteiger partial charge in [0.2, 0.25) is 0 Å². The van der Waals surface area contributed by atoms with Crippen LogP contribution in [0, 0.1) is 0 Å². The van der Waals surface area contributed by atoms with E-state index in [4.69, 9.17) is 9.84 Å². The van der Waals surface area contributed by atoms with Crippen molar-refractivity contribution in [2.45, 2.75) is 6.54 Å². The van der Waals surface area contributed by atoms with Gasteiger partial charge in [0.15, 0.2) is 0 Å². The number of amides is 2. The molecule has 0 unspecified atom stereocenters. The predicted octanol–water partition coefficient (Wildman–Crippen LogP) is 1.41. The number of carbonyl (C=O) groups excluding carboxylic acids is 1. The highest BCUT2D eigenvalue weighted by atomic mass is 79.9. The lowest BCUT2D eigenvalue weighted by atomic mass is 10.5. The Morgan fingerprint density at radius 1 is 1.44 bits per heavy atom. The van der Waals surface area contributed by atoms with Crippen molar-refractivity contribution in [3.8, 4) is 0 Å². The molecule has 8 heteroatoms. The molecule has 1 aromatic heterocycles. The Morgan fingerprint density at radius 2 is 2.22 bits per heavy atom. The molecule has 1 aromatic rings. The summed E-state index contributed by atoms with van der Waals surface area (Å²) in [6.07, 6.45) is 0. The number of hydrogen-bond donors (Lipinski definition) is 3. The normalized spacial score (nSPS) is 10.1. The van der Waals surface area contributed by atoms with Crippen LogP contribution in [0.2, 0.25) is 0 Å². The molecule has 0 aromatic carbocycles. The van der Waals surface area contributed by atoms with Crippen LogP contribution in [0.3, 0.4) is 0 Å². The zero-order valence-electron chi connectivity index (χ0n) is 9.44. The second kappa shape index (κ2) is 8.06. The summed E-state index contributed by atoms with van der Waals surface area (Å²) < 4.78 is 5.76. The standard InChI is InChI=1S/C10H13BrN2O4S/c11-7-3-8(18-6-7)4-13-10(16)12-1-2-17-5-9(14)15/h3,6H,1-2,4-5H2,(H,14,15)(H2,12,13,16). The van der Waals surface area contributed by atoms with Crippen LogP contribution in [-0.2, 0) is 16.1 Å². The molecule has 6 nitrogen and oxygen atoms in total. The van der Waals surface area contributed by atoms with Gasteiger partial charge < -0.3 is 20.5 Å². The van der Waals surface area contributed by atoms with Crippen molar-refractivity contribution >= 4 is 39.3 Å². The minimum atomic E-state index is -1.03. The minimum absolute atomic E-state index is 0.171. The van der Waals surface area contributed by atoms with E-state index in [0.29, 0.717) is 6.54 Å². The highest BCUT2D eigenvalue weighted by Crippen LogP contribution is 2.19. The molecular weight excluding hydrogens is 324 g/mol. The fourth-order valence-electron chi connectivity index (χ4n) is 1.07. The summed E-state index contributed by atoms with van der Waals surface area (Å²) in [6.45, 7) is 0.544. The van der Waals surface area contributed by atoms with E-state index in [1.807, 2.05) is 11.4 Å². The van der Waals surface area contributed by atoms with Crippen molar-refractivity contribution in [1.29, 1.82) is 0 Å². The van der Waals surface area contributed by atoms with Crippen LogP contribution in [0.25, 0.3) is 0 Å². The molecule has 100 valence electrons. The van der Waals surface area contributed by atoms with Crippen LogP contribution < -0.4 is 10.6 Å². The molecular formula is C10H13BrN2O4S. The third-order valence-corrected chi connectivity index (χ3v) is 3.50. The molecule has 0 fully saturated rings. The number of carbonyl (C=O) groups is 2. The summed E-state index contributed by atoms with van der Waals surface area (Å²) in [5, 5.41) is 15.5. The van der Waals surface area contributed by atoms with E-state index in [9.17, 15) is 9.59 Å². The number of carboxylic acids is 1. The number of hydrogen-bond acceptors (Lipinski definition) is 4.